The Morgan fingerprint density at radius 2 is 1.62 bits per heavy atom. The molecule has 0 saturated carbocycles. The van der Waals surface area contributed by atoms with E-state index in [1.807, 2.05) is 24.3 Å². The zero-order chi connectivity index (χ0) is 19.2. The van der Waals surface area contributed by atoms with E-state index in [9.17, 15) is 9.00 Å². The molecule has 6 heteroatoms. The van der Waals surface area contributed by atoms with Crippen LogP contribution >= 0.6 is 11.6 Å². The van der Waals surface area contributed by atoms with E-state index in [0.717, 1.165) is 18.5 Å². The number of benzene rings is 2. The first kappa shape index (κ1) is 20.5. The summed E-state index contributed by atoms with van der Waals surface area (Å²) in [5.41, 5.74) is 3.22. The van der Waals surface area contributed by atoms with Gasteiger partial charge in [0.05, 0.1) is 0 Å². The zero-order valence-electron chi connectivity index (χ0n) is 15.3. The quantitative estimate of drug-likeness (QED) is 0.596. The number of rotatable bonds is 8. The van der Waals surface area contributed by atoms with Crippen molar-refractivity contribution in [3.8, 4) is 0 Å². The van der Waals surface area contributed by atoms with Crippen molar-refractivity contribution >= 4 is 39.9 Å². The van der Waals surface area contributed by atoms with Crippen molar-refractivity contribution < 1.29 is 9.00 Å². The normalized spacial score (nSPS) is 12.5. The Morgan fingerprint density at radius 1 is 1.04 bits per heavy atom. The molecular formula is C20H25ClN2O2S. The lowest BCUT2D eigenvalue weighted by Crippen LogP contribution is -2.24. The third-order valence-electron chi connectivity index (χ3n) is 3.83. The van der Waals surface area contributed by atoms with Crippen molar-refractivity contribution in [2.45, 2.75) is 44.2 Å². The summed E-state index contributed by atoms with van der Waals surface area (Å²) in [5.74, 6) is -0.184. The molecule has 2 rings (SSSR count). The molecule has 2 aromatic rings. The van der Waals surface area contributed by atoms with E-state index in [1.165, 1.54) is 12.0 Å². The largest absolute Gasteiger partial charge is 0.322 e. The van der Waals surface area contributed by atoms with Gasteiger partial charge in [-0.25, -0.2) is 4.21 Å². The lowest BCUT2D eigenvalue weighted by molar-refractivity contribution is 0.102. The maximum absolute atomic E-state index is 12.4. The molecule has 4 nitrogen and oxygen atoms in total. The molecule has 2 N–H and O–H groups in total. The van der Waals surface area contributed by atoms with E-state index in [0.29, 0.717) is 11.3 Å². The molecule has 0 aliphatic rings. The van der Waals surface area contributed by atoms with E-state index >= 15 is 0 Å². The van der Waals surface area contributed by atoms with Gasteiger partial charge in [-0.1, -0.05) is 25.5 Å². The summed E-state index contributed by atoms with van der Waals surface area (Å²) in [5, 5.41) is 2.89. The number of carbonyl (C=O) groups is 1. The molecule has 0 fully saturated rings. The van der Waals surface area contributed by atoms with Crippen molar-refractivity contribution in [3.63, 3.8) is 0 Å². The highest BCUT2D eigenvalue weighted by Gasteiger charge is 2.22. The predicted octanol–water partition coefficient (Wildman–Crippen LogP) is 5.33. The molecular weight excluding hydrogens is 368 g/mol. The van der Waals surface area contributed by atoms with Gasteiger partial charge in [0.2, 0.25) is 0 Å². The number of anilines is 2. The number of aryl methyl sites for hydroxylation is 1. The third kappa shape index (κ3) is 6.15. The molecule has 0 aliphatic heterocycles. The highest BCUT2D eigenvalue weighted by Crippen LogP contribution is 2.21. The summed E-state index contributed by atoms with van der Waals surface area (Å²) in [7, 11) is -1.43. The zero-order valence-corrected chi connectivity index (χ0v) is 16.9. The van der Waals surface area contributed by atoms with Crippen LogP contribution in [-0.4, -0.2) is 14.3 Å². The Labute approximate surface area is 162 Å². The molecule has 2 aromatic carbocycles. The van der Waals surface area contributed by atoms with E-state index < -0.39 is 15.2 Å². The summed E-state index contributed by atoms with van der Waals surface area (Å²) in [6.07, 6.45) is 3.39. The molecule has 1 atom stereocenters. The van der Waals surface area contributed by atoms with Gasteiger partial charge in [0, 0.05) is 16.9 Å². The van der Waals surface area contributed by atoms with Gasteiger partial charge in [-0.15, -0.1) is 11.6 Å². The predicted molar refractivity (Wildman–Crippen MR) is 111 cm³/mol. The van der Waals surface area contributed by atoms with E-state index in [2.05, 4.69) is 17.0 Å². The van der Waals surface area contributed by atoms with E-state index in [4.69, 9.17) is 11.6 Å². The van der Waals surface area contributed by atoms with Gasteiger partial charge in [0.25, 0.3) is 5.91 Å². The minimum Gasteiger partial charge on any atom is -0.322 e. The standard InChI is InChI=1S/C20H25ClN2O2S/c1-4-5-6-15-7-11-17(12-8-15)22-19(24)16-9-13-18(14-10-16)23-26(25)20(2,3)21/h7-14,23H,4-6H2,1-3H3,(H,22,24). The van der Waals surface area contributed by atoms with Crippen LogP contribution in [0.4, 0.5) is 11.4 Å². The highest BCUT2D eigenvalue weighted by molar-refractivity contribution is 7.89. The van der Waals surface area contributed by atoms with Gasteiger partial charge < -0.3 is 10.0 Å². The second kappa shape index (κ2) is 9.19. The number of amides is 1. The molecule has 26 heavy (non-hydrogen) atoms. The van der Waals surface area contributed by atoms with E-state index in [1.54, 1.807) is 38.1 Å². The minimum absolute atomic E-state index is 0.184. The average Bonchev–Trinajstić information content (AvgIpc) is 2.61. The second-order valence-electron chi connectivity index (χ2n) is 6.57. The van der Waals surface area contributed by atoms with Crippen LogP contribution in [0, 0.1) is 0 Å². The molecule has 0 radical (unpaired) electrons. The van der Waals surface area contributed by atoms with Crippen molar-refractivity contribution in [2.24, 2.45) is 0 Å². The maximum Gasteiger partial charge on any atom is 0.255 e. The molecule has 0 spiro atoms. The Hall–Kier alpha value is -1.85. The van der Waals surface area contributed by atoms with E-state index in [-0.39, 0.29) is 5.91 Å². The molecule has 0 bridgehead atoms. The Balaban J connectivity index is 1.96. The van der Waals surface area contributed by atoms with Gasteiger partial charge in [-0.3, -0.25) is 4.79 Å². The monoisotopic (exact) mass is 392 g/mol. The van der Waals surface area contributed by atoms with Crippen molar-refractivity contribution in [2.75, 3.05) is 10.0 Å². The number of carbonyl (C=O) groups excluding carboxylic acids is 1. The minimum atomic E-state index is -1.43. The molecule has 1 amide bonds. The molecule has 0 aliphatic carbocycles. The van der Waals surface area contributed by atoms with Crippen LogP contribution in [0.5, 0.6) is 0 Å². The van der Waals surface area contributed by atoms with Gasteiger partial charge in [-0.2, -0.15) is 0 Å². The summed E-state index contributed by atoms with van der Waals surface area (Å²) in [6.45, 7) is 5.52. The number of hydrogen-bond acceptors (Lipinski definition) is 2. The number of hydrogen-bond donors (Lipinski definition) is 2. The van der Waals surface area contributed by atoms with Crippen molar-refractivity contribution in [3.05, 3.63) is 59.7 Å². The Morgan fingerprint density at radius 3 is 2.15 bits per heavy atom. The fourth-order valence-corrected chi connectivity index (χ4v) is 2.97. The topological polar surface area (TPSA) is 58.2 Å². The SMILES string of the molecule is CCCCc1ccc(NC(=O)c2ccc(NS(=O)C(C)(C)Cl)cc2)cc1. The molecule has 140 valence electrons. The van der Waals surface area contributed by atoms with Gasteiger partial charge >= 0.3 is 0 Å². The highest BCUT2D eigenvalue weighted by atomic mass is 35.5. The first-order chi connectivity index (χ1) is 12.3. The van der Waals surface area contributed by atoms with Crippen LogP contribution in [0.2, 0.25) is 0 Å². The van der Waals surface area contributed by atoms with Crippen LogP contribution in [-0.2, 0) is 17.4 Å². The van der Waals surface area contributed by atoms with Gasteiger partial charge in [0.1, 0.15) is 15.2 Å². The third-order valence-corrected chi connectivity index (χ3v) is 5.55. The Bertz CT molecular complexity index is 753. The number of nitrogens with one attached hydrogen (secondary N) is 2. The fourth-order valence-electron chi connectivity index (χ4n) is 2.26. The summed E-state index contributed by atoms with van der Waals surface area (Å²) in [4.78, 5) is 12.4. The van der Waals surface area contributed by atoms with Crippen molar-refractivity contribution in [1.82, 2.24) is 0 Å². The van der Waals surface area contributed by atoms with Crippen LogP contribution in [0.15, 0.2) is 48.5 Å². The van der Waals surface area contributed by atoms with Crippen LogP contribution in [0.3, 0.4) is 0 Å². The number of halogens is 1. The first-order valence-electron chi connectivity index (χ1n) is 8.67. The van der Waals surface area contributed by atoms with Crippen molar-refractivity contribution in [1.29, 1.82) is 0 Å². The summed E-state index contributed by atoms with van der Waals surface area (Å²) in [6, 6.07) is 14.7. The lowest BCUT2D eigenvalue weighted by atomic mass is 10.1. The lowest BCUT2D eigenvalue weighted by Gasteiger charge is -2.16. The maximum atomic E-state index is 12.4. The average molecular weight is 393 g/mol. The number of unbranched alkanes of at least 4 members (excludes halogenated alkanes) is 1. The Kier molecular flexibility index (Phi) is 7.23. The molecule has 1 unspecified atom stereocenters. The van der Waals surface area contributed by atoms with Crippen LogP contribution in [0.25, 0.3) is 0 Å². The summed E-state index contributed by atoms with van der Waals surface area (Å²) >= 11 is 6.02. The smallest absolute Gasteiger partial charge is 0.255 e. The second-order valence-corrected chi connectivity index (χ2v) is 9.50. The molecule has 0 heterocycles. The number of alkyl halides is 1. The molecule has 0 aromatic heterocycles. The van der Waals surface area contributed by atoms with Crippen LogP contribution in [0.1, 0.15) is 49.5 Å². The summed E-state index contributed by atoms with van der Waals surface area (Å²) < 4.78 is 13.9. The van der Waals surface area contributed by atoms with Gasteiger partial charge in [0.15, 0.2) is 0 Å². The molecule has 0 saturated heterocycles. The fraction of sp³-hybridized carbons (Fsp3) is 0.350. The van der Waals surface area contributed by atoms with Gasteiger partial charge in [-0.05, 0) is 68.7 Å². The first-order valence-corrected chi connectivity index (χ1v) is 10.2. The van der Waals surface area contributed by atoms with Crippen LogP contribution < -0.4 is 10.0 Å².